The van der Waals surface area contributed by atoms with E-state index < -0.39 is 12.6 Å². The molecule has 0 saturated carbocycles. The van der Waals surface area contributed by atoms with Gasteiger partial charge in [0.15, 0.2) is 0 Å². The zero-order chi connectivity index (χ0) is 14.2. The molecule has 0 fully saturated rings. The Bertz CT molecular complexity index is 589. The fourth-order valence-electron chi connectivity index (χ4n) is 2.63. The summed E-state index contributed by atoms with van der Waals surface area (Å²) in [5, 5.41) is 7.90. The minimum absolute atomic E-state index is 0.0992. The molecule has 1 aromatic heterocycles. The number of fused-ring (bicyclic) bond motifs is 1. The van der Waals surface area contributed by atoms with Crippen LogP contribution in [0.2, 0.25) is 0 Å². The van der Waals surface area contributed by atoms with Gasteiger partial charge >= 0.3 is 6.18 Å². The Labute approximate surface area is 114 Å². The first-order valence-corrected chi connectivity index (χ1v) is 6.55. The van der Waals surface area contributed by atoms with Crippen molar-refractivity contribution < 1.29 is 13.2 Å². The van der Waals surface area contributed by atoms with Gasteiger partial charge in [0.2, 0.25) is 0 Å². The van der Waals surface area contributed by atoms with Crippen molar-refractivity contribution in [2.24, 2.45) is 0 Å². The molecule has 0 bridgehead atoms. The number of hydrogen-bond acceptors (Lipinski definition) is 2. The van der Waals surface area contributed by atoms with Crippen molar-refractivity contribution in [3.8, 4) is 0 Å². The zero-order valence-electron chi connectivity index (χ0n) is 10.8. The average molecular weight is 281 g/mol. The molecule has 6 heteroatoms. The monoisotopic (exact) mass is 281 g/mol. The molecule has 3 nitrogen and oxygen atoms in total. The zero-order valence-corrected chi connectivity index (χ0v) is 10.8. The van der Waals surface area contributed by atoms with Gasteiger partial charge in [0, 0.05) is 25.3 Å². The minimum Gasteiger partial charge on any atom is -0.314 e. The third-order valence-electron chi connectivity index (χ3n) is 3.64. The van der Waals surface area contributed by atoms with Crippen LogP contribution < -0.4 is 0 Å². The molecule has 0 spiro atoms. The van der Waals surface area contributed by atoms with Crippen LogP contribution in [-0.2, 0) is 19.4 Å². The molecular weight excluding hydrogens is 267 g/mol. The van der Waals surface area contributed by atoms with Crippen LogP contribution in [0.25, 0.3) is 0 Å². The van der Waals surface area contributed by atoms with E-state index in [9.17, 15) is 13.2 Å². The molecule has 0 radical (unpaired) electrons. The lowest BCUT2D eigenvalue weighted by atomic mass is 9.98. The van der Waals surface area contributed by atoms with E-state index in [-0.39, 0.29) is 12.3 Å². The van der Waals surface area contributed by atoms with Gasteiger partial charge in [-0.1, -0.05) is 30.3 Å². The normalized spacial score (nSPS) is 18.2. The van der Waals surface area contributed by atoms with Crippen molar-refractivity contribution >= 4 is 0 Å². The second-order valence-electron chi connectivity index (χ2n) is 5.07. The number of nitrogens with zero attached hydrogens (tertiary/aromatic N) is 3. The summed E-state index contributed by atoms with van der Waals surface area (Å²) in [5.74, 6) is 1.51. The van der Waals surface area contributed by atoms with Crippen LogP contribution in [0.15, 0.2) is 30.3 Å². The number of hydrogen-bond donors (Lipinski definition) is 0. The van der Waals surface area contributed by atoms with Gasteiger partial charge in [-0.2, -0.15) is 13.2 Å². The number of alkyl halides is 3. The number of rotatable bonds is 3. The van der Waals surface area contributed by atoms with Crippen LogP contribution in [0.5, 0.6) is 0 Å². The highest BCUT2D eigenvalue weighted by molar-refractivity contribution is 5.23. The van der Waals surface area contributed by atoms with E-state index in [0.29, 0.717) is 12.4 Å². The summed E-state index contributed by atoms with van der Waals surface area (Å²) in [6.07, 6.45) is -4.36. The Hall–Kier alpha value is -1.85. The smallest absolute Gasteiger partial charge is 0.314 e. The Morgan fingerprint density at radius 2 is 1.90 bits per heavy atom. The Morgan fingerprint density at radius 3 is 2.60 bits per heavy atom. The lowest BCUT2D eigenvalue weighted by molar-refractivity contribution is -0.134. The highest BCUT2D eigenvalue weighted by Crippen LogP contribution is 2.30. The fraction of sp³-hybridized carbons (Fsp3) is 0.429. The molecule has 0 amide bonds. The van der Waals surface area contributed by atoms with E-state index >= 15 is 0 Å². The van der Waals surface area contributed by atoms with Gasteiger partial charge in [0.25, 0.3) is 0 Å². The first-order chi connectivity index (χ1) is 9.53. The SMILES string of the molecule is FC(F)(F)CCc1nnc2n1CC(c1ccccc1)C2. The summed E-state index contributed by atoms with van der Waals surface area (Å²) in [4.78, 5) is 0. The van der Waals surface area contributed by atoms with Crippen molar-refractivity contribution in [1.82, 2.24) is 14.8 Å². The number of aryl methyl sites for hydroxylation is 1. The van der Waals surface area contributed by atoms with Crippen LogP contribution in [0.1, 0.15) is 29.6 Å². The van der Waals surface area contributed by atoms with E-state index in [1.54, 1.807) is 0 Å². The van der Waals surface area contributed by atoms with Crippen molar-refractivity contribution in [3.05, 3.63) is 47.5 Å². The van der Waals surface area contributed by atoms with E-state index in [1.165, 1.54) is 5.56 Å². The van der Waals surface area contributed by atoms with Gasteiger partial charge in [-0.05, 0) is 5.56 Å². The molecule has 1 unspecified atom stereocenters. The molecule has 20 heavy (non-hydrogen) atoms. The van der Waals surface area contributed by atoms with Gasteiger partial charge in [0.05, 0.1) is 6.42 Å². The number of aromatic nitrogens is 3. The molecule has 2 aromatic rings. The highest BCUT2D eigenvalue weighted by Gasteiger charge is 2.31. The van der Waals surface area contributed by atoms with E-state index in [4.69, 9.17) is 0 Å². The second kappa shape index (κ2) is 4.92. The van der Waals surface area contributed by atoms with E-state index in [1.807, 2.05) is 34.9 Å². The maximum absolute atomic E-state index is 12.3. The predicted octanol–water partition coefficient (Wildman–Crippen LogP) is 3.11. The summed E-state index contributed by atoms with van der Waals surface area (Å²) in [6.45, 7) is 0.666. The quantitative estimate of drug-likeness (QED) is 0.865. The first-order valence-electron chi connectivity index (χ1n) is 6.55. The first kappa shape index (κ1) is 13.1. The van der Waals surface area contributed by atoms with Crippen molar-refractivity contribution in [1.29, 1.82) is 0 Å². The molecule has 2 heterocycles. The van der Waals surface area contributed by atoms with Crippen LogP contribution in [-0.4, -0.2) is 20.9 Å². The van der Waals surface area contributed by atoms with Crippen LogP contribution in [0.4, 0.5) is 13.2 Å². The van der Waals surface area contributed by atoms with Gasteiger partial charge in [-0.3, -0.25) is 0 Å². The minimum atomic E-state index is -4.15. The van der Waals surface area contributed by atoms with E-state index in [0.717, 1.165) is 12.2 Å². The van der Waals surface area contributed by atoms with Crippen LogP contribution in [0, 0.1) is 0 Å². The highest BCUT2D eigenvalue weighted by atomic mass is 19.4. The fourth-order valence-corrected chi connectivity index (χ4v) is 2.63. The van der Waals surface area contributed by atoms with Gasteiger partial charge in [-0.15, -0.1) is 10.2 Å². The lowest BCUT2D eigenvalue weighted by Gasteiger charge is -2.10. The second-order valence-corrected chi connectivity index (χ2v) is 5.07. The third-order valence-corrected chi connectivity index (χ3v) is 3.64. The third kappa shape index (κ3) is 2.69. The largest absolute Gasteiger partial charge is 0.389 e. The van der Waals surface area contributed by atoms with Crippen molar-refractivity contribution in [2.45, 2.75) is 37.9 Å². The molecule has 106 valence electrons. The van der Waals surface area contributed by atoms with Gasteiger partial charge < -0.3 is 4.57 Å². The van der Waals surface area contributed by atoms with Gasteiger partial charge in [0.1, 0.15) is 11.6 Å². The average Bonchev–Trinajstić information content (AvgIpc) is 2.96. The Kier molecular flexibility index (Phi) is 3.23. The number of benzene rings is 1. The summed E-state index contributed by atoms with van der Waals surface area (Å²) in [5.41, 5.74) is 1.19. The molecule has 3 rings (SSSR count). The maximum Gasteiger partial charge on any atom is 0.389 e. The molecular formula is C14H14F3N3. The predicted molar refractivity (Wildman–Crippen MR) is 67.3 cm³/mol. The molecule has 0 aliphatic carbocycles. The van der Waals surface area contributed by atoms with Crippen molar-refractivity contribution in [2.75, 3.05) is 0 Å². The summed E-state index contributed by atoms with van der Waals surface area (Å²) < 4.78 is 38.7. The van der Waals surface area contributed by atoms with E-state index in [2.05, 4.69) is 10.2 Å². The molecule has 1 atom stereocenters. The van der Waals surface area contributed by atoms with Crippen molar-refractivity contribution in [3.63, 3.8) is 0 Å². The lowest BCUT2D eigenvalue weighted by Crippen LogP contribution is -2.12. The summed E-state index contributed by atoms with van der Waals surface area (Å²) in [7, 11) is 0. The summed E-state index contributed by atoms with van der Waals surface area (Å²) in [6, 6.07) is 9.98. The Balaban J connectivity index is 1.73. The maximum atomic E-state index is 12.3. The molecule has 1 aromatic carbocycles. The van der Waals surface area contributed by atoms with Crippen LogP contribution >= 0.6 is 0 Å². The Morgan fingerprint density at radius 1 is 1.15 bits per heavy atom. The molecule has 0 saturated heterocycles. The molecule has 0 N–H and O–H groups in total. The standard InChI is InChI=1S/C14H14F3N3/c15-14(16,17)7-6-12-18-19-13-8-11(9-20(12)13)10-4-2-1-3-5-10/h1-5,11H,6-9H2. The molecule has 1 aliphatic rings. The molecule has 1 aliphatic heterocycles. The van der Waals surface area contributed by atoms with Gasteiger partial charge in [-0.25, -0.2) is 0 Å². The summed E-state index contributed by atoms with van der Waals surface area (Å²) >= 11 is 0. The topological polar surface area (TPSA) is 30.7 Å². The number of halogens is 3. The van der Waals surface area contributed by atoms with Crippen LogP contribution in [0.3, 0.4) is 0 Å².